The maximum atomic E-state index is 12.9. The number of esters is 1. The number of aryl methyl sites for hydroxylation is 1. The topological polar surface area (TPSA) is 100 Å². The minimum absolute atomic E-state index is 0.0830. The van der Waals surface area contributed by atoms with E-state index in [1.165, 1.54) is 0 Å². The summed E-state index contributed by atoms with van der Waals surface area (Å²) in [6, 6.07) is 15.9. The molecule has 3 N–H and O–H groups in total. The van der Waals surface area contributed by atoms with Gasteiger partial charge in [0.25, 0.3) is 5.91 Å². The predicted octanol–water partition coefficient (Wildman–Crippen LogP) is 5.13. The summed E-state index contributed by atoms with van der Waals surface area (Å²) in [6.45, 7) is 2.76. The molecule has 0 saturated carbocycles. The van der Waals surface area contributed by atoms with Crippen molar-refractivity contribution in [3.05, 3.63) is 82.2 Å². The lowest BCUT2D eigenvalue weighted by atomic mass is 9.91. The maximum absolute atomic E-state index is 12.9. The van der Waals surface area contributed by atoms with Crippen molar-refractivity contribution in [3.8, 4) is 0 Å². The van der Waals surface area contributed by atoms with Crippen molar-refractivity contribution in [1.29, 1.82) is 0 Å². The van der Waals surface area contributed by atoms with Gasteiger partial charge in [0.05, 0.1) is 12.2 Å². The standard InChI is InChI=1S/C29H29N3O4/c1-2-36-27(34)14-12-20-25(31-24-9-6-10-26(33)28(20)24)16-22-21-15-19(11-13-23(21)32-29(22)35)30-17-18-7-4-3-5-8-18/h3-5,7-8,11,13,15-16,30-31H,2,6,9-10,12,14,17H2,1H3,(H,32,35). The summed E-state index contributed by atoms with van der Waals surface area (Å²) in [6.07, 6.45) is 4.42. The number of ketones is 1. The third-order valence-corrected chi connectivity index (χ3v) is 6.64. The molecule has 7 heteroatoms. The van der Waals surface area contributed by atoms with Crippen LogP contribution < -0.4 is 10.6 Å². The fourth-order valence-corrected chi connectivity index (χ4v) is 4.92. The molecule has 1 aliphatic carbocycles. The van der Waals surface area contributed by atoms with Crippen molar-refractivity contribution in [2.24, 2.45) is 0 Å². The molecule has 0 radical (unpaired) electrons. The first-order valence-corrected chi connectivity index (χ1v) is 12.4. The Hall–Kier alpha value is -4.13. The number of H-pyrrole nitrogens is 1. The average molecular weight is 484 g/mol. The van der Waals surface area contributed by atoms with Crippen molar-refractivity contribution in [2.45, 2.75) is 45.6 Å². The van der Waals surface area contributed by atoms with E-state index in [0.717, 1.165) is 46.6 Å². The molecule has 5 rings (SSSR count). The van der Waals surface area contributed by atoms with Crippen LogP contribution in [0.4, 0.5) is 11.4 Å². The van der Waals surface area contributed by atoms with Crippen molar-refractivity contribution >= 4 is 40.7 Å². The number of nitrogens with one attached hydrogen (secondary N) is 3. The van der Waals surface area contributed by atoms with Crippen molar-refractivity contribution in [2.75, 3.05) is 17.2 Å². The Bertz CT molecular complexity index is 1350. The van der Waals surface area contributed by atoms with Crippen LogP contribution >= 0.6 is 0 Å². The van der Waals surface area contributed by atoms with Crippen molar-refractivity contribution in [1.82, 2.24) is 4.98 Å². The zero-order chi connectivity index (χ0) is 25.1. The fraction of sp³-hybridized carbons (Fsp3) is 0.276. The molecule has 2 aromatic carbocycles. The molecule has 3 aromatic rings. The lowest BCUT2D eigenvalue weighted by molar-refractivity contribution is -0.143. The van der Waals surface area contributed by atoms with E-state index in [1.54, 1.807) is 6.92 Å². The molecule has 2 heterocycles. The Balaban J connectivity index is 1.47. The summed E-state index contributed by atoms with van der Waals surface area (Å²) in [5.41, 5.74) is 7.19. The van der Waals surface area contributed by atoms with E-state index in [0.29, 0.717) is 42.8 Å². The number of fused-ring (bicyclic) bond motifs is 2. The number of ether oxygens (including phenoxy) is 1. The van der Waals surface area contributed by atoms with E-state index in [9.17, 15) is 14.4 Å². The van der Waals surface area contributed by atoms with Crippen LogP contribution in [-0.2, 0) is 33.7 Å². The molecule has 1 amide bonds. The van der Waals surface area contributed by atoms with Gasteiger partial charge in [-0.3, -0.25) is 14.4 Å². The highest BCUT2D eigenvalue weighted by molar-refractivity contribution is 6.35. The number of anilines is 2. The normalized spacial score (nSPS) is 15.4. The predicted molar refractivity (Wildman–Crippen MR) is 140 cm³/mol. The van der Waals surface area contributed by atoms with Crippen LogP contribution in [0.15, 0.2) is 48.5 Å². The maximum Gasteiger partial charge on any atom is 0.306 e. The van der Waals surface area contributed by atoms with Crippen LogP contribution in [-0.4, -0.2) is 29.3 Å². The molecule has 184 valence electrons. The van der Waals surface area contributed by atoms with E-state index >= 15 is 0 Å². The first kappa shape index (κ1) is 23.6. The first-order chi connectivity index (χ1) is 17.5. The van der Waals surface area contributed by atoms with Gasteiger partial charge in [0.15, 0.2) is 5.78 Å². The molecule has 2 aliphatic rings. The molecule has 36 heavy (non-hydrogen) atoms. The van der Waals surface area contributed by atoms with Crippen LogP contribution in [0.3, 0.4) is 0 Å². The lowest BCUT2D eigenvalue weighted by Gasteiger charge is -2.11. The number of hydrogen-bond acceptors (Lipinski definition) is 5. The highest BCUT2D eigenvalue weighted by atomic mass is 16.5. The monoisotopic (exact) mass is 483 g/mol. The highest BCUT2D eigenvalue weighted by Gasteiger charge is 2.29. The van der Waals surface area contributed by atoms with E-state index in [4.69, 9.17) is 4.74 Å². The highest BCUT2D eigenvalue weighted by Crippen LogP contribution is 2.37. The quantitative estimate of drug-likeness (QED) is 0.305. The van der Waals surface area contributed by atoms with Gasteiger partial charge >= 0.3 is 5.97 Å². The summed E-state index contributed by atoms with van der Waals surface area (Å²) in [4.78, 5) is 41.2. The first-order valence-electron chi connectivity index (χ1n) is 12.4. The van der Waals surface area contributed by atoms with Gasteiger partial charge in [-0.2, -0.15) is 0 Å². The molecular weight excluding hydrogens is 454 g/mol. The van der Waals surface area contributed by atoms with E-state index < -0.39 is 0 Å². The van der Waals surface area contributed by atoms with Crippen LogP contribution in [0, 0.1) is 0 Å². The van der Waals surface area contributed by atoms with Gasteiger partial charge in [-0.1, -0.05) is 30.3 Å². The summed E-state index contributed by atoms with van der Waals surface area (Å²) in [5.74, 6) is -0.410. The summed E-state index contributed by atoms with van der Waals surface area (Å²) in [7, 11) is 0. The number of benzene rings is 2. The minimum atomic E-state index is -0.299. The second-order valence-electron chi connectivity index (χ2n) is 9.06. The number of rotatable bonds is 8. The third-order valence-electron chi connectivity index (χ3n) is 6.64. The molecule has 1 aromatic heterocycles. The van der Waals surface area contributed by atoms with Gasteiger partial charge in [-0.15, -0.1) is 0 Å². The number of hydrogen-bond donors (Lipinski definition) is 3. The van der Waals surface area contributed by atoms with Gasteiger partial charge < -0.3 is 20.4 Å². The number of Topliss-reactive ketones (excluding diaryl/α,β-unsaturated/α-hetero) is 1. The zero-order valence-corrected chi connectivity index (χ0v) is 20.3. The van der Waals surface area contributed by atoms with Crippen LogP contribution in [0.25, 0.3) is 11.6 Å². The van der Waals surface area contributed by atoms with Crippen LogP contribution in [0.1, 0.15) is 64.6 Å². The van der Waals surface area contributed by atoms with Crippen LogP contribution in [0.5, 0.6) is 0 Å². The molecule has 0 saturated heterocycles. The number of aromatic amines is 1. The van der Waals surface area contributed by atoms with Crippen molar-refractivity contribution < 1.29 is 19.1 Å². The minimum Gasteiger partial charge on any atom is -0.466 e. The van der Waals surface area contributed by atoms with Gasteiger partial charge in [0, 0.05) is 53.3 Å². The second kappa shape index (κ2) is 10.2. The average Bonchev–Trinajstić information content (AvgIpc) is 3.39. The summed E-state index contributed by atoms with van der Waals surface area (Å²) < 4.78 is 5.10. The van der Waals surface area contributed by atoms with Gasteiger partial charge in [0.1, 0.15) is 0 Å². The molecule has 7 nitrogen and oxygen atoms in total. The fourth-order valence-electron chi connectivity index (χ4n) is 4.92. The van der Waals surface area contributed by atoms with E-state index in [-0.39, 0.29) is 24.1 Å². The molecule has 0 atom stereocenters. The second-order valence-corrected chi connectivity index (χ2v) is 9.06. The Morgan fingerprint density at radius 1 is 1.11 bits per heavy atom. The number of carbonyl (C=O) groups excluding carboxylic acids is 3. The Kier molecular flexibility index (Phi) is 6.71. The Labute approximate surface area is 209 Å². The lowest BCUT2D eigenvalue weighted by Crippen LogP contribution is -2.12. The SMILES string of the molecule is CCOC(=O)CCc1c(C=C2C(=O)Nc3ccc(NCc4ccccc4)cc32)[nH]c2c1C(=O)CCC2. The summed E-state index contributed by atoms with van der Waals surface area (Å²) in [5, 5.41) is 6.36. The van der Waals surface area contributed by atoms with Crippen molar-refractivity contribution in [3.63, 3.8) is 0 Å². The molecule has 1 aliphatic heterocycles. The summed E-state index contributed by atoms with van der Waals surface area (Å²) >= 11 is 0. The van der Waals surface area contributed by atoms with Gasteiger partial charge in [0.2, 0.25) is 0 Å². The van der Waals surface area contributed by atoms with Gasteiger partial charge in [-0.05, 0) is 61.6 Å². The smallest absolute Gasteiger partial charge is 0.306 e. The van der Waals surface area contributed by atoms with E-state index in [2.05, 4.69) is 27.8 Å². The number of aromatic nitrogens is 1. The Morgan fingerprint density at radius 3 is 2.75 bits per heavy atom. The molecule has 0 fully saturated rings. The van der Waals surface area contributed by atoms with Gasteiger partial charge in [-0.25, -0.2) is 0 Å². The molecular formula is C29H29N3O4. The van der Waals surface area contributed by atoms with Crippen LogP contribution in [0.2, 0.25) is 0 Å². The molecule has 0 bridgehead atoms. The third kappa shape index (κ3) is 4.82. The largest absolute Gasteiger partial charge is 0.466 e. The zero-order valence-electron chi connectivity index (χ0n) is 20.3. The number of carbonyl (C=O) groups is 3. The van der Waals surface area contributed by atoms with E-state index in [1.807, 2.05) is 42.5 Å². The molecule has 0 unspecified atom stereocenters. The number of amides is 1. The Morgan fingerprint density at radius 2 is 1.94 bits per heavy atom. The molecule has 0 spiro atoms.